The van der Waals surface area contributed by atoms with Gasteiger partial charge in [0.15, 0.2) is 0 Å². The molecule has 15 heavy (non-hydrogen) atoms. The standard InChI is InChI=1S/C10H17N3O2/c1-8(2)13-7-9(5-12-13)4-11-6-10(14)15-3/h5,7-8,11H,4,6H2,1-3H3. The molecule has 1 aromatic heterocycles. The van der Waals surface area contributed by atoms with Crippen molar-refractivity contribution in [2.75, 3.05) is 13.7 Å². The van der Waals surface area contributed by atoms with Crippen LogP contribution in [0.15, 0.2) is 12.4 Å². The molecule has 0 fully saturated rings. The number of rotatable bonds is 5. The fourth-order valence-corrected chi connectivity index (χ4v) is 1.13. The van der Waals surface area contributed by atoms with E-state index in [1.54, 1.807) is 6.20 Å². The van der Waals surface area contributed by atoms with E-state index in [2.05, 4.69) is 29.0 Å². The first-order valence-electron chi connectivity index (χ1n) is 4.94. The summed E-state index contributed by atoms with van der Waals surface area (Å²) in [6, 6.07) is 0.361. The van der Waals surface area contributed by atoms with Gasteiger partial charge >= 0.3 is 5.97 Å². The Bertz CT molecular complexity index is 320. The molecule has 0 amide bonds. The van der Waals surface area contributed by atoms with E-state index >= 15 is 0 Å². The number of methoxy groups -OCH3 is 1. The lowest BCUT2D eigenvalue weighted by Gasteiger charge is -2.03. The fraction of sp³-hybridized carbons (Fsp3) is 0.600. The first kappa shape index (κ1) is 11.7. The highest BCUT2D eigenvalue weighted by Gasteiger charge is 2.02. The minimum Gasteiger partial charge on any atom is -0.468 e. The van der Waals surface area contributed by atoms with Crippen LogP contribution >= 0.6 is 0 Å². The molecule has 0 aromatic carbocycles. The zero-order chi connectivity index (χ0) is 11.3. The molecule has 0 atom stereocenters. The molecule has 0 saturated carbocycles. The van der Waals surface area contributed by atoms with E-state index in [4.69, 9.17) is 0 Å². The molecule has 1 rings (SSSR count). The average Bonchev–Trinajstić information content (AvgIpc) is 2.66. The number of aromatic nitrogens is 2. The highest BCUT2D eigenvalue weighted by Crippen LogP contribution is 2.04. The molecule has 5 heteroatoms. The maximum atomic E-state index is 10.8. The van der Waals surface area contributed by atoms with Crippen LogP contribution < -0.4 is 5.32 Å². The van der Waals surface area contributed by atoms with E-state index in [1.165, 1.54) is 7.11 Å². The molecule has 84 valence electrons. The van der Waals surface area contributed by atoms with Gasteiger partial charge in [0.1, 0.15) is 0 Å². The quantitative estimate of drug-likeness (QED) is 0.729. The molecular formula is C10H17N3O2. The predicted octanol–water partition coefficient (Wildman–Crippen LogP) is 0.727. The lowest BCUT2D eigenvalue weighted by atomic mass is 10.3. The van der Waals surface area contributed by atoms with E-state index in [1.807, 2.05) is 10.9 Å². The van der Waals surface area contributed by atoms with Crippen LogP contribution in [0.4, 0.5) is 0 Å². The van der Waals surface area contributed by atoms with Gasteiger partial charge in [-0.05, 0) is 13.8 Å². The monoisotopic (exact) mass is 211 g/mol. The summed E-state index contributed by atoms with van der Waals surface area (Å²) in [7, 11) is 1.38. The molecule has 1 N–H and O–H groups in total. The van der Waals surface area contributed by atoms with Gasteiger partial charge in [-0.25, -0.2) is 0 Å². The number of esters is 1. The van der Waals surface area contributed by atoms with Crippen molar-refractivity contribution >= 4 is 5.97 Å². The van der Waals surface area contributed by atoms with Crippen molar-refractivity contribution in [1.82, 2.24) is 15.1 Å². The summed E-state index contributed by atoms with van der Waals surface area (Å²) in [5.74, 6) is -0.258. The third-order valence-electron chi connectivity index (χ3n) is 2.01. The van der Waals surface area contributed by atoms with Gasteiger partial charge in [-0.3, -0.25) is 9.48 Å². The topological polar surface area (TPSA) is 56.1 Å². The third kappa shape index (κ3) is 3.71. The van der Waals surface area contributed by atoms with Gasteiger partial charge in [-0.1, -0.05) is 0 Å². The van der Waals surface area contributed by atoms with Gasteiger partial charge in [-0.15, -0.1) is 0 Å². The molecule has 0 radical (unpaired) electrons. The summed E-state index contributed by atoms with van der Waals surface area (Å²) in [6.45, 7) is 4.99. The van der Waals surface area contributed by atoms with Crippen molar-refractivity contribution in [1.29, 1.82) is 0 Å². The summed E-state index contributed by atoms with van der Waals surface area (Å²) in [5.41, 5.74) is 1.06. The van der Waals surface area contributed by atoms with Crippen LogP contribution in [0, 0.1) is 0 Å². The lowest BCUT2D eigenvalue weighted by Crippen LogP contribution is -2.23. The molecule has 1 aromatic rings. The number of carbonyl (C=O) groups is 1. The van der Waals surface area contributed by atoms with Gasteiger partial charge in [0.2, 0.25) is 0 Å². The number of nitrogens with zero attached hydrogens (tertiary/aromatic N) is 2. The van der Waals surface area contributed by atoms with E-state index in [-0.39, 0.29) is 12.5 Å². The lowest BCUT2D eigenvalue weighted by molar-refractivity contribution is -0.139. The highest BCUT2D eigenvalue weighted by molar-refractivity contribution is 5.71. The summed E-state index contributed by atoms with van der Waals surface area (Å²) in [6.07, 6.45) is 3.76. The second-order valence-electron chi connectivity index (χ2n) is 3.60. The molecule has 0 aliphatic heterocycles. The SMILES string of the molecule is COC(=O)CNCc1cnn(C(C)C)c1. The number of nitrogens with one attached hydrogen (secondary N) is 1. The van der Waals surface area contributed by atoms with Gasteiger partial charge in [-0.2, -0.15) is 5.10 Å². The van der Waals surface area contributed by atoms with Crippen LogP contribution in [0.1, 0.15) is 25.5 Å². The molecule has 0 aliphatic rings. The Balaban J connectivity index is 2.34. The summed E-state index contributed by atoms with van der Waals surface area (Å²) >= 11 is 0. The molecule has 1 heterocycles. The summed E-state index contributed by atoms with van der Waals surface area (Å²) in [5, 5.41) is 7.17. The average molecular weight is 211 g/mol. The minimum absolute atomic E-state index is 0.226. The normalized spacial score (nSPS) is 10.7. The Morgan fingerprint density at radius 3 is 2.93 bits per heavy atom. The third-order valence-corrected chi connectivity index (χ3v) is 2.01. The largest absolute Gasteiger partial charge is 0.468 e. The minimum atomic E-state index is -0.258. The van der Waals surface area contributed by atoms with Crippen LogP contribution in [0.2, 0.25) is 0 Å². The second-order valence-corrected chi connectivity index (χ2v) is 3.60. The summed E-state index contributed by atoms with van der Waals surface area (Å²) in [4.78, 5) is 10.8. The van der Waals surface area contributed by atoms with Crippen molar-refractivity contribution in [3.63, 3.8) is 0 Å². The number of carbonyl (C=O) groups excluding carboxylic acids is 1. The Labute approximate surface area is 89.4 Å². The van der Waals surface area contributed by atoms with Crippen LogP contribution in [-0.4, -0.2) is 29.4 Å². The molecular weight excluding hydrogens is 194 g/mol. The van der Waals surface area contributed by atoms with Crippen LogP contribution in [0.3, 0.4) is 0 Å². The van der Waals surface area contributed by atoms with Crippen LogP contribution in [0.25, 0.3) is 0 Å². The molecule has 0 bridgehead atoms. The van der Waals surface area contributed by atoms with E-state index in [0.717, 1.165) is 5.56 Å². The summed E-state index contributed by atoms with van der Waals surface area (Å²) < 4.78 is 6.39. The smallest absolute Gasteiger partial charge is 0.319 e. The second kappa shape index (κ2) is 5.50. The Hall–Kier alpha value is -1.36. The zero-order valence-corrected chi connectivity index (χ0v) is 9.36. The van der Waals surface area contributed by atoms with Gasteiger partial charge in [0, 0.05) is 24.3 Å². The van der Waals surface area contributed by atoms with Crippen LogP contribution in [-0.2, 0) is 16.1 Å². The van der Waals surface area contributed by atoms with Gasteiger partial charge < -0.3 is 10.1 Å². The first-order chi connectivity index (χ1) is 7.13. The van der Waals surface area contributed by atoms with Crippen LogP contribution in [0.5, 0.6) is 0 Å². The maximum Gasteiger partial charge on any atom is 0.319 e. The Morgan fingerprint density at radius 1 is 1.67 bits per heavy atom. The van der Waals surface area contributed by atoms with Crippen molar-refractivity contribution in [2.45, 2.75) is 26.4 Å². The fourth-order valence-electron chi connectivity index (χ4n) is 1.13. The number of hydrogen-bond donors (Lipinski definition) is 1. The molecule has 0 unspecified atom stereocenters. The van der Waals surface area contributed by atoms with Crippen molar-refractivity contribution in [2.24, 2.45) is 0 Å². The number of hydrogen-bond acceptors (Lipinski definition) is 4. The van der Waals surface area contributed by atoms with E-state index in [9.17, 15) is 4.79 Å². The van der Waals surface area contributed by atoms with Crippen molar-refractivity contribution < 1.29 is 9.53 Å². The number of ether oxygens (including phenoxy) is 1. The predicted molar refractivity (Wildman–Crippen MR) is 56.3 cm³/mol. The van der Waals surface area contributed by atoms with E-state index in [0.29, 0.717) is 12.6 Å². The molecule has 5 nitrogen and oxygen atoms in total. The highest BCUT2D eigenvalue weighted by atomic mass is 16.5. The molecule has 0 spiro atoms. The van der Waals surface area contributed by atoms with Gasteiger partial charge in [0.05, 0.1) is 19.9 Å². The van der Waals surface area contributed by atoms with Crippen molar-refractivity contribution in [3.8, 4) is 0 Å². The zero-order valence-electron chi connectivity index (χ0n) is 9.36. The molecule has 0 aliphatic carbocycles. The Kier molecular flexibility index (Phi) is 4.30. The Morgan fingerprint density at radius 2 is 2.40 bits per heavy atom. The molecule has 0 saturated heterocycles. The first-order valence-corrected chi connectivity index (χ1v) is 4.94. The van der Waals surface area contributed by atoms with Crippen molar-refractivity contribution in [3.05, 3.63) is 18.0 Å². The van der Waals surface area contributed by atoms with Gasteiger partial charge in [0.25, 0.3) is 0 Å². The van der Waals surface area contributed by atoms with E-state index < -0.39 is 0 Å². The maximum absolute atomic E-state index is 10.8.